The molecule has 0 spiro atoms. The summed E-state index contributed by atoms with van der Waals surface area (Å²) in [5.74, 6) is 0.375. The Morgan fingerprint density at radius 2 is 1.73 bits per heavy atom. The molecule has 2 aliphatic rings. The molecule has 0 bridgehead atoms. The van der Waals surface area contributed by atoms with Gasteiger partial charge in [-0.2, -0.15) is 0 Å². The van der Waals surface area contributed by atoms with Crippen LogP contribution in [-0.4, -0.2) is 48.8 Å². The van der Waals surface area contributed by atoms with E-state index in [1.165, 1.54) is 6.42 Å². The molecular weight excluding hydrogens is 188 g/mol. The Kier molecular flexibility index (Phi) is 3.41. The SMILES string of the molecule is CN1CCN(/C=C2/CCCCC2=O)CC1. The van der Waals surface area contributed by atoms with Crippen molar-refractivity contribution in [2.45, 2.75) is 25.7 Å². The average molecular weight is 208 g/mol. The first-order valence-corrected chi connectivity index (χ1v) is 5.92. The fraction of sp³-hybridized carbons (Fsp3) is 0.750. The average Bonchev–Trinajstić information content (AvgIpc) is 2.25. The van der Waals surface area contributed by atoms with Crippen molar-refractivity contribution in [2.75, 3.05) is 33.2 Å². The fourth-order valence-electron chi connectivity index (χ4n) is 2.21. The molecule has 0 amide bonds. The monoisotopic (exact) mass is 208 g/mol. The van der Waals surface area contributed by atoms with Gasteiger partial charge in [0.15, 0.2) is 5.78 Å². The van der Waals surface area contributed by atoms with Crippen molar-refractivity contribution in [1.29, 1.82) is 0 Å². The van der Waals surface area contributed by atoms with Gasteiger partial charge < -0.3 is 9.80 Å². The van der Waals surface area contributed by atoms with Crippen LogP contribution in [-0.2, 0) is 4.79 Å². The second kappa shape index (κ2) is 4.79. The van der Waals surface area contributed by atoms with Crippen molar-refractivity contribution in [2.24, 2.45) is 0 Å². The molecule has 15 heavy (non-hydrogen) atoms. The third-order valence-electron chi connectivity index (χ3n) is 3.33. The number of piperazine rings is 1. The van der Waals surface area contributed by atoms with Gasteiger partial charge in [0.2, 0.25) is 0 Å². The zero-order valence-electron chi connectivity index (χ0n) is 9.54. The van der Waals surface area contributed by atoms with Gasteiger partial charge in [-0.15, -0.1) is 0 Å². The van der Waals surface area contributed by atoms with E-state index < -0.39 is 0 Å². The van der Waals surface area contributed by atoms with Gasteiger partial charge in [-0.3, -0.25) is 4.79 Å². The summed E-state index contributed by atoms with van der Waals surface area (Å²) in [5, 5.41) is 0. The first-order chi connectivity index (χ1) is 7.25. The van der Waals surface area contributed by atoms with Gasteiger partial charge in [-0.25, -0.2) is 0 Å². The molecule has 3 nitrogen and oxygen atoms in total. The molecule has 84 valence electrons. The van der Waals surface area contributed by atoms with E-state index in [4.69, 9.17) is 0 Å². The standard InChI is InChI=1S/C12H20N2O/c1-13-6-8-14(9-7-13)10-11-4-2-3-5-12(11)15/h10H,2-9H2,1H3/b11-10-. The maximum absolute atomic E-state index is 11.6. The molecule has 2 fully saturated rings. The van der Waals surface area contributed by atoms with Crippen molar-refractivity contribution in [1.82, 2.24) is 9.80 Å². The van der Waals surface area contributed by atoms with E-state index in [0.717, 1.165) is 51.0 Å². The molecular formula is C12H20N2O. The molecule has 0 unspecified atom stereocenters. The number of carbonyl (C=O) groups excluding carboxylic acids is 1. The highest BCUT2D eigenvalue weighted by Gasteiger charge is 2.17. The van der Waals surface area contributed by atoms with E-state index in [-0.39, 0.29) is 0 Å². The van der Waals surface area contributed by atoms with Crippen LogP contribution in [0.25, 0.3) is 0 Å². The van der Waals surface area contributed by atoms with E-state index in [9.17, 15) is 4.79 Å². The van der Waals surface area contributed by atoms with Crippen molar-refractivity contribution in [3.63, 3.8) is 0 Å². The van der Waals surface area contributed by atoms with Crippen LogP contribution in [0.3, 0.4) is 0 Å². The van der Waals surface area contributed by atoms with Gasteiger partial charge in [0.05, 0.1) is 0 Å². The van der Waals surface area contributed by atoms with E-state index in [2.05, 4.69) is 23.0 Å². The summed E-state index contributed by atoms with van der Waals surface area (Å²) in [7, 11) is 2.15. The third-order valence-corrected chi connectivity index (χ3v) is 3.33. The van der Waals surface area contributed by atoms with E-state index in [1.54, 1.807) is 0 Å². The highest BCUT2D eigenvalue weighted by Crippen LogP contribution is 2.20. The lowest BCUT2D eigenvalue weighted by Gasteiger charge is -2.32. The first kappa shape index (κ1) is 10.7. The van der Waals surface area contributed by atoms with Gasteiger partial charge in [0, 0.05) is 44.4 Å². The number of hydrogen-bond acceptors (Lipinski definition) is 3. The highest BCUT2D eigenvalue weighted by molar-refractivity contribution is 5.95. The van der Waals surface area contributed by atoms with Crippen molar-refractivity contribution >= 4 is 5.78 Å². The highest BCUT2D eigenvalue weighted by atomic mass is 16.1. The van der Waals surface area contributed by atoms with Gasteiger partial charge in [-0.05, 0) is 26.3 Å². The molecule has 2 rings (SSSR count). The molecule has 1 saturated carbocycles. The number of carbonyl (C=O) groups is 1. The number of Topliss-reactive ketones (excluding diaryl/α,β-unsaturated/α-hetero) is 1. The van der Waals surface area contributed by atoms with Crippen molar-refractivity contribution in [3.05, 3.63) is 11.8 Å². The van der Waals surface area contributed by atoms with Crippen LogP contribution in [0, 0.1) is 0 Å². The van der Waals surface area contributed by atoms with Crippen molar-refractivity contribution in [3.8, 4) is 0 Å². The lowest BCUT2D eigenvalue weighted by molar-refractivity contribution is -0.116. The largest absolute Gasteiger partial charge is 0.374 e. The molecule has 1 saturated heterocycles. The lowest BCUT2D eigenvalue weighted by atomic mass is 9.94. The summed E-state index contributed by atoms with van der Waals surface area (Å²) in [4.78, 5) is 16.3. The smallest absolute Gasteiger partial charge is 0.160 e. The number of likely N-dealkylation sites (N-methyl/N-ethyl adjacent to an activating group) is 1. The second-order valence-corrected chi connectivity index (χ2v) is 4.62. The maximum atomic E-state index is 11.6. The Bertz CT molecular complexity index is 265. The van der Waals surface area contributed by atoms with Gasteiger partial charge >= 0.3 is 0 Å². The summed E-state index contributed by atoms with van der Waals surface area (Å²) in [5.41, 5.74) is 1.06. The molecule has 3 heteroatoms. The van der Waals surface area contributed by atoms with E-state index >= 15 is 0 Å². The summed E-state index contributed by atoms with van der Waals surface area (Å²) < 4.78 is 0. The van der Waals surface area contributed by atoms with Gasteiger partial charge in [0.25, 0.3) is 0 Å². The number of allylic oxidation sites excluding steroid dienone is 1. The fourth-order valence-corrected chi connectivity index (χ4v) is 2.21. The quantitative estimate of drug-likeness (QED) is 0.606. The maximum Gasteiger partial charge on any atom is 0.160 e. The number of ketones is 1. The van der Waals surface area contributed by atoms with Crippen LogP contribution in [0.15, 0.2) is 11.8 Å². The minimum absolute atomic E-state index is 0.375. The minimum Gasteiger partial charge on any atom is -0.374 e. The Balaban J connectivity index is 1.93. The van der Waals surface area contributed by atoms with Crippen LogP contribution in [0.5, 0.6) is 0 Å². The number of rotatable bonds is 1. The molecule has 0 N–H and O–H groups in total. The molecule has 0 radical (unpaired) electrons. The molecule has 0 aromatic heterocycles. The molecule has 1 aliphatic carbocycles. The summed E-state index contributed by atoms with van der Waals surface area (Å²) in [6.45, 7) is 4.34. The molecule has 1 heterocycles. The van der Waals surface area contributed by atoms with Crippen LogP contribution in [0.1, 0.15) is 25.7 Å². The second-order valence-electron chi connectivity index (χ2n) is 4.62. The van der Waals surface area contributed by atoms with Crippen LogP contribution in [0.2, 0.25) is 0 Å². The Hall–Kier alpha value is -0.830. The predicted molar refractivity (Wildman–Crippen MR) is 60.6 cm³/mol. The molecule has 1 aliphatic heterocycles. The van der Waals surface area contributed by atoms with Crippen molar-refractivity contribution < 1.29 is 4.79 Å². The summed E-state index contributed by atoms with van der Waals surface area (Å²) in [6.07, 6.45) is 6.14. The summed E-state index contributed by atoms with van der Waals surface area (Å²) in [6, 6.07) is 0. The predicted octanol–water partition coefficient (Wildman–Crippen LogP) is 1.26. The van der Waals surface area contributed by atoms with Gasteiger partial charge in [-0.1, -0.05) is 0 Å². The molecule has 0 atom stereocenters. The number of nitrogens with zero attached hydrogens (tertiary/aromatic N) is 2. The lowest BCUT2D eigenvalue weighted by Crippen LogP contribution is -2.42. The normalized spacial score (nSPS) is 27.4. The first-order valence-electron chi connectivity index (χ1n) is 5.92. The zero-order valence-corrected chi connectivity index (χ0v) is 9.54. The van der Waals surface area contributed by atoms with Crippen LogP contribution < -0.4 is 0 Å². The number of hydrogen-bond donors (Lipinski definition) is 0. The van der Waals surface area contributed by atoms with Crippen LogP contribution >= 0.6 is 0 Å². The molecule has 0 aromatic carbocycles. The topological polar surface area (TPSA) is 23.6 Å². The van der Waals surface area contributed by atoms with Crippen LogP contribution in [0.4, 0.5) is 0 Å². The molecule has 0 aromatic rings. The van der Waals surface area contributed by atoms with E-state index in [1.807, 2.05) is 0 Å². The Morgan fingerprint density at radius 1 is 1.07 bits per heavy atom. The summed E-state index contributed by atoms with van der Waals surface area (Å²) >= 11 is 0. The van der Waals surface area contributed by atoms with E-state index in [0.29, 0.717) is 5.78 Å². The Labute approximate surface area is 91.7 Å². The van der Waals surface area contributed by atoms with Gasteiger partial charge in [0.1, 0.15) is 0 Å². The Morgan fingerprint density at radius 3 is 2.40 bits per heavy atom. The minimum atomic E-state index is 0.375. The third kappa shape index (κ3) is 2.81. The zero-order chi connectivity index (χ0) is 10.7.